The van der Waals surface area contributed by atoms with Gasteiger partial charge in [0.15, 0.2) is 0 Å². The van der Waals surface area contributed by atoms with Crippen LogP contribution in [-0.2, 0) is 16.0 Å². The van der Waals surface area contributed by atoms with Crippen molar-refractivity contribution in [2.24, 2.45) is 5.11 Å². The lowest BCUT2D eigenvalue weighted by Crippen LogP contribution is -2.06. The van der Waals surface area contributed by atoms with Crippen molar-refractivity contribution in [2.75, 3.05) is 12.8 Å². The van der Waals surface area contributed by atoms with E-state index >= 15 is 0 Å². The molecule has 0 bridgehead atoms. The first-order valence-electron chi connectivity index (χ1n) is 4.79. The highest BCUT2D eigenvalue weighted by atomic mass is 35.5. The zero-order valence-electron chi connectivity index (χ0n) is 9.66. The predicted molar refractivity (Wildman–Crippen MR) is 67.0 cm³/mol. The molecule has 10 heteroatoms. The van der Waals surface area contributed by atoms with E-state index in [-0.39, 0.29) is 28.4 Å². The quantitative estimate of drug-likeness (QED) is 0.172. The van der Waals surface area contributed by atoms with Crippen molar-refractivity contribution in [3.05, 3.63) is 37.2 Å². The molecule has 0 atom stereocenters. The lowest BCUT2D eigenvalue weighted by atomic mass is 10.1. The number of esters is 1. The Hall–Kier alpha value is -2.51. The number of benzene rings is 1. The van der Waals surface area contributed by atoms with Crippen LogP contribution < -0.4 is 5.73 Å². The van der Waals surface area contributed by atoms with E-state index in [4.69, 9.17) is 22.9 Å². The summed E-state index contributed by atoms with van der Waals surface area (Å²) in [5, 5.41) is 13.8. The minimum absolute atomic E-state index is 0.0653. The van der Waals surface area contributed by atoms with Crippen LogP contribution in [0, 0.1) is 10.1 Å². The molecule has 1 aromatic rings. The second kappa shape index (κ2) is 5.89. The molecule has 0 unspecified atom stereocenters. The molecule has 0 amide bonds. The number of nitrogens with zero attached hydrogens (tertiary/aromatic N) is 4. The fourth-order valence-electron chi connectivity index (χ4n) is 1.36. The normalized spacial score (nSPS) is 9.58. The fourth-order valence-corrected chi connectivity index (χ4v) is 1.61. The summed E-state index contributed by atoms with van der Waals surface area (Å²) in [6.45, 7) is 0. The lowest BCUT2D eigenvalue weighted by Gasteiger charge is -2.09. The molecule has 0 fully saturated rings. The van der Waals surface area contributed by atoms with Gasteiger partial charge in [-0.2, -0.15) is 0 Å². The van der Waals surface area contributed by atoms with E-state index in [0.717, 1.165) is 13.2 Å². The van der Waals surface area contributed by atoms with Gasteiger partial charge in [0.05, 0.1) is 29.2 Å². The molecule has 2 N–H and O–H groups in total. The highest BCUT2D eigenvalue weighted by molar-refractivity contribution is 6.36. The van der Waals surface area contributed by atoms with Crippen molar-refractivity contribution < 1.29 is 14.5 Å². The minimum Gasteiger partial charge on any atom is -0.469 e. The largest absolute Gasteiger partial charge is 0.469 e. The van der Waals surface area contributed by atoms with Crippen LogP contribution in [-0.4, -0.2) is 18.0 Å². The molecule has 0 spiro atoms. The summed E-state index contributed by atoms with van der Waals surface area (Å²) in [5.74, 6) is -0.662. The maximum Gasteiger partial charge on any atom is 0.309 e. The topological polar surface area (TPSA) is 144 Å². The van der Waals surface area contributed by atoms with Gasteiger partial charge in [-0.3, -0.25) is 14.9 Å². The Morgan fingerprint density at radius 2 is 2.37 bits per heavy atom. The van der Waals surface area contributed by atoms with Gasteiger partial charge in [-0.1, -0.05) is 16.7 Å². The van der Waals surface area contributed by atoms with Crippen molar-refractivity contribution in [2.45, 2.75) is 6.42 Å². The zero-order chi connectivity index (χ0) is 14.6. The van der Waals surface area contributed by atoms with E-state index < -0.39 is 16.6 Å². The Morgan fingerprint density at radius 1 is 1.74 bits per heavy atom. The second-order valence-electron chi connectivity index (χ2n) is 3.33. The highest BCUT2D eigenvalue weighted by Gasteiger charge is 2.22. The van der Waals surface area contributed by atoms with E-state index in [1.807, 2.05) is 0 Å². The van der Waals surface area contributed by atoms with Crippen molar-refractivity contribution >= 4 is 34.6 Å². The number of hydrogen-bond donors (Lipinski definition) is 1. The van der Waals surface area contributed by atoms with Crippen LogP contribution >= 0.6 is 11.6 Å². The predicted octanol–water partition coefficient (Wildman–Crippen LogP) is 2.49. The summed E-state index contributed by atoms with van der Waals surface area (Å²) in [5.41, 5.74) is 13.0. The number of azide groups is 1. The van der Waals surface area contributed by atoms with Gasteiger partial charge in [-0.25, -0.2) is 0 Å². The lowest BCUT2D eigenvalue weighted by molar-refractivity contribution is -0.383. The molecule has 0 aromatic heterocycles. The SMILES string of the molecule is COC(=O)Cc1cc([N+](=O)[O-])c(N)c(Cl)c1N=[N+]=[N-]. The van der Waals surface area contributed by atoms with Gasteiger partial charge in [0, 0.05) is 11.0 Å². The number of anilines is 1. The Balaban J connectivity index is 3.52. The first-order chi connectivity index (χ1) is 8.92. The Bertz CT molecular complexity index is 597. The minimum atomic E-state index is -0.748. The molecule has 19 heavy (non-hydrogen) atoms. The summed E-state index contributed by atoms with van der Waals surface area (Å²) in [4.78, 5) is 23.8. The zero-order valence-corrected chi connectivity index (χ0v) is 10.4. The van der Waals surface area contributed by atoms with Gasteiger partial charge >= 0.3 is 5.97 Å². The maximum absolute atomic E-state index is 11.2. The summed E-state index contributed by atoms with van der Waals surface area (Å²) in [6, 6.07) is 1.03. The molecule has 0 aliphatic rings. The van der Waals surface area contributed by atoms with Gasteiger partial charge < -0.3 is 10.5 Å². The molecule has 0 aliphatic heterocycles. The molecule has 0 saturated heterocycles. The van der Waals surface area contributed by atoms with Gasteiger partial charge in [0.2, 0.25) is 0 Å². The van der Waals surface area contributed by atoms with Gasteiger partial charge in [0.25, 0.3) is 5.69 Å². The summed E-state index contributed by atoms with van der Waals surface area (Å²) in [7, 11) is 1.16. The fraction of sp³-hybridized carbons (Fsp3) is 0.222. The Morgan fingerprint density at radius 3 is 2.84 bits per heavy atom. The number of rotatable bonds is 4. The average molecular weight is 286 g/mol. The summed E-state index contributed by atoms with van der Waals surface area (Å²) in [6.07, 6.45) is -0.328. The molecular formula is C9H8ClN5O4. The third-order valence-corrected chi connectivity index (χ3v) is 2.62. The van der Waals surface area contributed by atoms with Gasteiger partial charge in [-0.15, -0.1) is 0 Å². The number of carbonyl (C=O) groups excluding carboxylic acids is 1. The number of nitrogen functional groups attached to an aromatic ring is 1. The first-order valence-corrected chi connectivity index (χ1v) is 5.17. The van der Waals surface area contributed by atoms with E-state index in [2.05, 4.69) is 14.8 Å². The van der Waals surface area contributed by atoms with E-state index in [0.29, 0.717) is 0 Å². The van der Waals surface area contributed by atoms with Gasteiger partial charge in [-0.05, 0) is 11.1 Å². The van der Waals surface area contributed by atoms with Crippen LogP contribution in [0.1, 0.15) is 5.56 Å². The smallest absolute Gasteiger partial charge is 0.309 e. The molecule has 1 rings (SSSR count). The van der Waals surface area contributed by atoms with Crippen LogP contribution in [0.4, 0.5) is 17.1 Å². The van der Waals surface area contributed by atoms with Crippen molar-refractivity contribution in [3.63, 3.8) is 0 Å². The number of nitro groups is 1. The molecule has 0 heterocycles. The first kappa shape index (κ1) is 14.6. The molecular weight excluding hydrogens is 278 g/mol. The number of hydrogen-bond acceptors (Lipinski definition) is 6. The number of nitrogens with two attached hydrogens (primary N) is 1. The van der Waals surface area contributed by atoms with E-state index in [1.165, 1.54) is 0 Å². The Kier molecular flexibility index (Phi) is 4.51. The highest BCUT2D eigenvalue weighted by Crippen LogP contribution is 2.40. The van der Waals surface area contributed by atoms with Crippen LogP contribution in [0.5, 0.6) is 0 Å². The molecule has 9 nitrogen and oxygen atoms in total. The molecule has 0 aliphatic carbocycles. The third-order valence-electron chi connectivity index (χ3n) is 2.24. The van der Waals surface area contributed by atoms with Crippen molar-refractivity contribution in [1.82, 2.24) is 0 Å². The Labute approximate surface area is 111 Å². The monoisotopic (exact) mass is 285 g/mol. The number of nitro benzene ring substituents is 1. The number of ether oxygens (including phenoxy) is 1. The molecule has 0 radical (unpaired) electrons. The van der Waals surface area contributed by atoms with E-state index in [1.54, 1.807) is 0 Å². The summed E-state index contributed by atoms with van der Waals surface area (Å²) < 4.78 is 4.44. The van der Waals surface area contributed by atoms with Crippen molar-refractivity contribution in [3.8, 4) is 0 Å². The van der Waals surface area contributed by atoms with E-state index in [9.17, 15) is 14.9 Å². The number of halogens is 1. The number of carbonyl (C=O) groups is 1. The van der Waals surface area contributed by atoms with Gasteiger partial charge in [0.1, 0.15) is 5.69 Å². The third kappa shape index (κ3) is 3.03. The maximum atomic E-state index is 11.2. The molecule has 1 aromatic carbocycles. The molecule has 100 valence electrons. The van der Waals surface area contributed by atoms with Crippen LogP contribution in [0.15, 0.2) is 11.2 Å². The number of methoxy groups -OCH3 is 1. The van der Waals surface area contributed by atoms with Crippen molar-refractivity contribution in [1.29, 1.82) is 0 Å². The van der Waals surface area contributed by atoms with Crippen LogP contribution in [0.3, 0.4) is 0 Å². The molecule has 0 saturated carbocycles. The summed E-state index contributed by atoms with van der Waals surface area (Å²) >= 11 is 5.81. The standard InChI is InChI=1S/C9H8ClN5O4/c1-19-6(16)3-4-2-5(15(17)18)8(11)7(10)9(4)13-14-12/h2H,3,11H2,1H3. The second-order valence-corrected chi connectivity index (χ2v) is 3.71. The van der Waals surface area contributed by atoms with Crippen LogP contribution in [0.25, 0.3) is 10.4 Å². The average Bonchev–Trinajstić information content (AvgIpc) is 2.37. The van der Waals surface area contributed by atoms with Crippen LogP contribution in [0.2, 0.25) is 5.02 Å².